The van der Waals surface area contributed by atoms with Crippen LogP contribution in [0.2, 0.25) is 0 Å². The third kappa shape index (κ3) is 3.96. The smallest absolute Gasteiger partial charge is 0.413 e. The number of nitrogens with zero attached hydrogens (tertiary/aromatic N) is 1. The van der Waals surface area contributed by atoms with Crippen molar-refractivity contribution in [2.45, 2.75) is 26.2 Å². The average molecular weight is 334 g/mol. The molecule has 1 rings (SSSR count). The minimum absolute atomic E-state index is 0.0637. The van der Waals surface area contributed by atoms with Gasteiger partial charge >= 0.3 is 6.09 Å². The Morgan fingerprint density at radius 1 is 1.50 bits per heavy atom. The third-order valence-electron chi connectivity index (χ3n) is 2.05. The van der Waals surface area contributed by atoms with E-state index in [4.69, 9.17) is 4.74 Å². The normalized spacial score (nSPS) is 11.0. The highest BCUT2D eigenvalue weighted by Crippen LogP contribution is 2.21. The van der Waals surface area contributed by atoms with Crippen LogP contribution in [0.4, 0.5) is 10.6 Å². The number of rotatable bonds is 2. The first-order chi connectivity index (χ1) is 7.43. The van der Waals surface area contributed by atoms with Crippen molar-refractivity contribution in [3.8, 4) is 0 Å². The number of hydrogen-bond acceptors (Lipinski definition) is 3. The van der Waals surface area contributed by atoms with Crippen LogP contribution in [0.5, 0.6) is 0 Å². The lowest BCUT2D eigenvalue weighted by Crippen LogP contribution is -2.15. The van der Waals surface area contributed by atoms with Crippen molar-refractivity contribution in [3.05, 3.63) is 23.9 Å². The molecule has 1 N–H and O–H groups in total. The van der Waals surface area contributed by atoms with Gasteiger partial charge in [0.15, 0.2) is 0 Å². The molecule has 0 aliphatic heterocycles. The van der Waals surface area contributed by atoms with Crippen molar-refractivity contribution in [3.63, 3.8) is 0 Å². The number of carbonyl (C=O) groups excluding carboxylic acids is 1. The maximum Gasteiger partial charge on any atom is 0.413 e. The fourth-order valence-corrected chi connectivity index (χ4v) is 1.38. The van der Waals surface area contributed by atoms with Gasteiger partial charge in [0, 0.05) is 6.20 Å². The van der Waals surface area contributed by atoms with E-state index in [0.29, 0.717) is 10.4 Å². The molecule has 0 spiro atoms. The summed E-state index contributed by atoms with van der Waals surface area (Å²) < 4.78 is 5.06. The molecular formula is C11H15IN2O2. The first-order valence-electron chi connectivity index (χ1n) is 4.90. The Hall–Kier alpha value is -0.850. The second kappa shape index (κ2) is 5.47. The van der Waals surface area contributed by atoms with Gasteiger partial charge in [-0.3, -0.25) is 5.32 Å². The maximum atomic E-state index is 11.1. The Bertz CT molecular complexity index is 357. The molecule has 1 heterocycles. The minimum Gasteiger partial charge on any atom is -0.439 e. The van der Waals surface area contributed by atoms with Gasteiger partial charge in [0.25, 0.3) is 0 Å². The molecule has 0 aliphatic carbocycles. The summed E-state index contributed by atoms with van der Waals surface area (Å²) in [6, 6.07) is 3.72. The van der Waals surface area contributed by atoms with Crippen molar-refractivity contribution in [2.24, 2.45) is 0 Å². The number of aromatic nitrogens is 1. The highest BCUT2D eigenvalue weighted by molar-refractivity contribution is 14.1. The molecule has 5 heteroatoms. The Morgan fingerprint density at radius 2 is 2.19 bits per heavy atom. The van der Waals surface area contributed by atoms with Gasteiger partial charge in [0.1, 0.15) is 10.4 Å². The fraction of sp³-hybridized carbons (Fsp3) is 0.455. The van der Waals surface area contributed by atoms with Gasteiger partial charge in [-0.15, -0.1) is 0 Å². The summed E-state index contributed by atoms with van der Waals surface area (Å²) in [5.41, 5.74) is 1.19. The van der Waals surface area contributed by atoms with E-state index < -0.39 is 6.09 Å². The molecule has 1 aromatic heterocycles. The number of alkyl halides is 1. The summed E-state index contributed by atoms with van der Waals surface area (Å²) in [4.78, 5) is 15.3. The van der Waals surface area contributed by atoms with E-state index in [9.17, 15) is 4.79 Å². The van der Waals surface area contributed by atoms with E-state index in [1.54, 1.807) is 12.3 Å². The zero-order chi connectivity index (χ0) is 12.2. The third-order valence-corrected chi connectivity index (χ3v) is 2.36. The van der Waals surface area contributed by atoms with Gasteiger partial charge in [-0.05, 0) is 39.6 Å². The monoisotopic (exact) mass is 334 g/mol. The Kier molecular flexibility index (Phi) is 4.52. The molecule has 1 amide bonds. The number of carbonyl (C=O) groups is 1. The van der Waals surface area contributed by atoms with Gasteiger partial charge in [-0.1, -0.05) is 26.8 Å². The van der Waals surface area contributed by atoms with E-state index in [1.165, 1.54) is 0 Å². The molecule has 0 fully saturated rings. The SMILES string of the molecule is CC(C)(C)c1ccc(NC(=O)OCI)nc1. The van der Waals surface area contributed by atoms with Crippen LogP contribution in [0.1, 0.15) is 26.3 Å². The predicted octanol–water partition coefficient (Wildman–Crippen LogP) is 3.32. The van der Waals surface area contributed by atoms with Gasteiger partial charge in [0.2, 0.25) is 0 Å². The van der Waals surface area contributed by atoms with E-state index >= 15 is 0 Å². The first kappa shape index (κ1) is 13.2. The summed E-state index contributed by atoms with van der Waals surface area (Å²) in [6.07, 6.45) is 1.28. The summed E-state index contributed by atoms with van der Waals surface area (Å²) in [6.45, 7) is 6.34. The number of halogens is 1. The lowest BCUT2D eigenvalue weighted by atomic mass is 9.88. The summed E-state index contributed by atoms with van der Waals surface area (Å²) in [7, 11) is 0. The minimum atomic E-state index is -0.481. The maximum absolute atomic E-state index is 11.1. The summed E-state index contributed by atoms with van der Waals surface area (Å²) in [5.74, 6) is 0.503. The summed E-state index contributed by atoms with van der Waals surface area (Å²) in [5, 5.41) is 2.54. The molecule has 0 saturated carbocycles. The van der Waals surface area contributed by atoms with Crippen molar-refractivity contribution < 1.29 is 9.53 Å². The fourth-order valence-electron chi connectivity index (χ4n) is 1.10. The number of hydrogen-bond donors (Lipinski definition) is 1. The van der Waals surface area contributed by atoms with Crippen LogP contribution < -0.4 is 5.32 Å². The molecule has 0 saturated heterocycles. The van der Waals surface area contributed by atoms with Crippen LogP contribution in [0.25, 0.3) is 0 Å². The second-order valence-electron chi connectivity index (χ2n) is 4.35. The number of ether oxygens (including phenoxy) is 1. The first-order valence-corrected chi connectivity index (χ1v) is 6.42. The zero-order valence-electron chi connectivity index (χ0n) is 9.58. The Balaban J connectivity index is 2.69. The van der Waals surface area contributed by atoms with E-state index in [1.807, 2.05) is 28.7 Å². The molecule has 1 aromatic rings. The standard InChI is InChI=1S/C11H15IN2O2/c1-11(2,3)8-4-5-9(13-6-8)14-10(15)16-7-12/h4-6H,7H2,1-3H3,(H,13,14,15). The highest BCUT2D eigenvalue weighted by atomic mass is 127. The largest absolute Gasteiger partial charge is 0.439 e. The molecule has 0 bridgehead atoms. The Morgan fingerprint density at radius 3 is 2.62 bits per heavy atom. The number of nitrogens with one attached hydrogen (secondary N) is 1. The van der Waals surface area contributed by atoms with Crippen LogP contribution in [-0.2, 0) is 10.2 Å². The predicted molar refractivity (Wildman–Crippen MR) is 71.9 cm³/mol. The quantitative estimate of drug-likeness (QED) is 0.667. The Labute approximate surface area is 109 Å². The number of pyridine rings is 1. The molecule has 0 aromatic carbocycles. The van der Waals surface area contributed by atoms with Crippen molar-refractivity contribution in [2.75, 3.05) is 9.93 Å². The molecule has 0 radical (unpaired) electrons. The molecule has 16 heavy (non-hydrogen) atoms. The number of anilines is 1. The lowest BCUT2D eigenvalue weighted by molar-refractivity contribution is 0.184. The number of amides is 1. The average Bonchev–Trinajstić information content (AvgIpc) is 2.17. The molecular weight excluding hydrogens is 319 g/mol. The van der Waals surface area contributed by atoms with E-state index in [-0.39, 0.29) is 5.41 Å². The lowest BCUT2D eigenvalue weighted by Gasteiger charge is -2.18. The van der Waals surface area contributed by atoms with E-state index in [0.717, 1.165) is 5.56 Å². The molecule has 0 atom stereocenters. The van der Waals surface area contributed by atoms with Crippen LogP contribution in [0, 0.1) is 0 Å². The zero-order valence-corrected chi connectivity index (χ0v) is 11.7. The van der Waals surface area contributed by atoms with Gasteiger partial charge in [-0.2, -0.15) is 0 Å². The molecule has 4 nitrogen and oxygen atoms in total. The second-order valence-corrected chi connectivity index (χ2v) is 4.97. The molecule has 0 unspecified atom stereocenters. The van der Waals surface area contributed by atoms with Crippen molar-refractivity contribution in [1.29, 1.82) is 0 Å². The molecule has 88 valence electrons. The van der Waals surface area contributed by atoms with Crippen LogP contribution in [0.15, 0.2) is 18.3 Å². The van der Waals surface area contributed by atoms with Crippen LogP contribution in [-0.4, -0.2) is 15.7 Å². The van der Waals surface area contributed by atoms with Crippen LogP contribution in [0.3, 0.4) is 0 Å². The van der Waals surface area contributed by atoms with Gasteiger partial charge < -0.3 is 4.74 Å². The van der Waals surface area contributed by atoms with E-state index in [2.05, 4.69) is 31.1 Å². The van der Waals surface area contributed by atoms with Crippen molar-refractivity contribution in [1.82, 2.24) is 4.98 Å². The van der Waals surface area contributed by atoms with Gasteiger partial charge in [0.05, 0.1) is 0 Å². The van der Waals surface area contributed by atoms with Crippen molar-refractivity contribution >= 4 is 34.5 Å². The highest BCUT2D eigenvalue weighted by Gasteiger charge is 2.13. The summed E-state index contributed by atoms with van der Waals surface area (Å²) >= 11 is 1.96. The topological polar surface area (TPSA) is 51.2 Å². The van der Waals surface area contributed by atoms with Crippen LogP contribution >= 0.6 is 22.6 Å². The molecule has 0 aliphatic rings. The van der Waals surface area contributed by atoms with Gasteiger partial charge in [-0.25, -0.2) is 9.78 Å².